The molecule has 1 saturated carbocycles. The molecule has 64 valence electrons. The van der Waals surface area contributed by atoms with Gasteiger partial charge in [0, 0.05) is 19.3 Å². The highest BCUT2D eigenvalue weighted by molar-refractivity contribution is 4.87. The van der Waals surface area contributed by atoms with Crippen molar-refractivity contribution in [1.82, 2.24) is 10.4 Å². The van der Waals surface area contributed by atoms with Gasteiger partial charge in [0.25, 0.3) is 0 Å². The highest BCUT2D eigenvalue weighted by Gasteiger charge is 2.28. The molecule has 2 rings (SSSR count). The van der Waals surface area contributed by atoms with Gasteiger partial charge in [0.1, 0.15) is 0 Å². The molecule has 0 aromatic carbocycles. The van der Waals surface area contributed by atoms with Crippen LogP contribution in [0.25, 0.3) is 0 Å². The third-order valence-corrected chi connectivity index (χ3v) is 2.91. The Labute approximate surface area is 67.3 Å². The minimum Gasteiger partial charge on any atom is -0.784 e. The Kier molecular flexibility index (Phi) is 2.11. The molecule has 0 radical (unpaired) electrons. The van der Waals surface area contributed by atoms with E-state index in [-0.39, 0.29) is 0 Å². The van der Waals surface area contributed by atoms with Crippen molar-refractivity contribution in [3.63, 3.8) is 0 Å². The molecule has 2 fully saturated rings. The van der Waals surface area contributed by atoms with E-state index in [2.05, 4.69) is 5.32 Å². The average molecular weight is 155 g/mol. The molecule has 1 N–H and O–H groups in total. The van der Waals surface area contributed by atoms with Crippen LogP contribution < -0.4 is 5.32 Å². The predicted molar refractivity (Wildman–Crippen MR) is 43.8 cm³/mol. The summed E-state index contributed by atoms with van der Waals surface area (Å²) in [6.45, 7) is 1.60. The van der Waals surface area contributed by atoms with Crippen LogP contribution in [-0.2, 0) is 0 Å². The zero-order chi connectivity index (χ0) is 7.68. The lowest BCUT2D eigenvalue weighted by molar-refractivity contribution is 0.0992. The molecule has 2 atom stereocenters. The van der Waals surface area contributed by atoms with Crippen LogP contribution in [-0.4, -0.2) is 24.3 Å². The average Bonchev–Trinajstić information content (AvgIpc) is 2.06. The van der Waals surface area contributed by atoms with Crippen LogP contribution >= 0.6 is 0 Å². The minimum atomic E-state index is 0.338. The summed E-state index contributed by atoms with van der Waals surface area (Å²) >= 11 is 0. The Hall–Kier alpha value is -0.120. The van der Waals surface area contributed by atoms with Crippen LogP contribution in [0.5, 0.6) is 0 Å². The molecule has 3 nitrogen and oxygen atoms in total. The maximum atomic E-state index is 11.3. The van der Waals surface area contributed by atoms with E-state index < -0.39 is 0 Å². The van der Waals surface area contributed by atoms with Crippen LogP contribution in [0.15, 0.2) is 0 Å². The summed E-state index contributed by atoms with van der Waals surface area (Å²) in [5.74, 6) is 0.634. The molecule has 0 aromatic rings. The largest absolute Gasteiger partial charge is 0.784 e. The molecule has 0 spiro atoms. The zero-order valence-electron chi connectivity index (χ0n) is 6.75. The first-order chi connectivity index (χ1) is 5.38. The molecule has 2 unspecified atom stereocenters. The van der Waals surface area contributed by atoms with E-state index in [4.69, 9.17) is 0 Å². The van der Waals surface area contributed by atoms with Gasteiger partial charge in [-0.2, -0.15) is 0 Å². The fourth-order valence-corrected chi connectivity index (χ4v) is 2.28. The van der Waals surface area contributed by atoms with Gasteiger partial charge in [0.15, 0.2) is 0 Å². The summed E-state index contributed by atoms with van der Waals surface area (Å²) in [4.78, 5) is 0. The quantitative estimate of drug-likeness (QED) is 0.565. The monoisotopic (exact) mass is 155 g/mol. The Balaban J connectivity index is 1.99. The molecule has 1 heterocycles. The van der Waals surface area contributed by atoms with Crippen molar-refractivity contribution in [3.8, 4) is 0 Å². The standard InChI is InChI=1S/C8H15N2O/c11-10-6-9-5-7-3-1-2-4-8(7)10/h7-9H,1-6H2/q-1. The van der Waals surface area contributed by atoms with Gasteiger partial charge in [-0.1, -0.05) is 12.8 Å². The SMILES string of the molecule is [O-]N1CNCC2CCCCC21. The maximum absolute atomic E-state index is 11.3. The van der Waals surface area contributed by atoms with E-state index in [9.17, 15) is 5.21 Å². The number of hydrogen-bond donors (Lipinski definition) is 1. The summed E-state index contributed by atoms with van der Waals surface area (Å²) < 4.78 is 0. The molecule has 0 bridgehead atoms. The van der Waals surface area contributed by atoms with Crippen LogP contribution in [0.4, 0.5) is 0 Å². The smallest absolute Gasteiger partial charge is 0.0366 e. The third kappa shape index (κ3) is 1.41. The fraction of sp³-hybridized carbons (Fsp3) is 1.00. The van der Waals surface area contributed by atoms with E-state index in [1.807, 2.05) is 0 Å². The van der Waals surface area contributed by atoms with Gasteiger partial charge in [0.2, 0.25) is 0 Å². The molecular formula is C8H15N2O-. The van der Waals surface area contributed by atoms with Gasteiger partial charge in [-0.15, -0.1) is 0 Å². The van der Waals surface area contributed by atoms with Crippen LogP contribution in [0.1, 0.15) is 25.7 Å². The van der Waals surface area contributed by atoms with Crippen LogP contribution in [0, 0.1) is 11.1 Å². The van der Waals surface area contributed by atoms with Crippen LogP contribution in [0.3, 0.4) is 0 Å². The van der Waals surface area contributed by atoms with Crippen molar-refractivity contribution in [1.29, 1.82) is 0 Å². The highest BCUT2D eigenvalue weighted by atomic mass is 16.5. The molecule has 2 aliphatic rings. The van der Waals surface area contributed by atoms with E-state index in [0.29, 0.717) is 18.6 Å². The number of fused-ring (bicyclic) bond motifs is 1. The second-order valence-corrected chi connectivity index (χ2v) is 3.64. The molecule has 1 saturated heterocycles. The number of rotatable bonds is 0. The molecule has 0 amide bonds. The number of nitrogens with one attached hydrogen (secondary N) is 1. The molecular weight excluding hydrogens is 140 g/mol. The third-order valence-electron chi connectivity index (χ3n) is 2.91. The summed E-state index contributed by atoms with van der Waals surface area (Å²) in [5.41, 5.74) is 0. The molecule has 0 aromatic heterocycles. The normalized spacial score (nSPS) is 40.1. The number of hydroxylamine groups is 2. The first kappa shape index (κ1) is 7.53. The van der Waals surface area contributed by atoms with Crippen molar-refractivity contribution in [2.75, 3.05) is 13.2 Å². The van der Waals surface area contributed by atoms with Crippen molar-refractivity contribution < 1.29 is 0 Å². The fourth-order valence-electron chi connectivity index (χ4n) is 2.28. The van der Waals surface area contributed by atoms with Crippen molar-refractivity contribution in [3.05, 3.63) is 5.21 Å². The Morgan fingerprint density at radius 3 is 2.91 bits per heavy atom. The lowest BCUT2D eigenvalue weighted by Gasteiger charge is -2.48. The van der Waals surface area contributed by atoms with E-state index in [0.717, 1.165) is 13.0 Å². The van der Waals surface area contributed by atoms with Gasteiger partial charge < -0.3 is 15.6 Å². The Morgan fingerprint density at radius 1 is 1.27 bits per heavy atom. The minimum absolute atomic E-state index is 0.338. The lowest BCUT2D eigenvalue weighted by Crippen LogP contribution is -2.52. The number of hydrogen-bond acceptors (Lipinski definition) is 3. The number of nitrogens with zero attached hydrogens (tertiary/aromatic N) is 1. The molecule has 1 aliphatic heterocycles. The lowest BCUT2D eigenvalue weighted by atomic mass is 9.83. The van der Waals surface area contributed by atoms with Gasteiger partial charge in [0.05, 0.1) is 0 Å². The first-order valence-electron chi connectivity index (χ1n) is 4.52. The van der Waals surface area contributed by atoms with E-state index >= 15 is 0 Å². The Bertz CT molecular complexity index is 138. The molecule has 11 heavy (non-hydrogen) atoms. The summed E-state index contributed by atoms with van der Waals surface area (Å²) in [6.07, 6.45) is 4.93. The first-order valence-corrected chi connectivity index (χ1v) is 4.52. The maximum Gasteiger partial charge on any atom is 0.0366 e. The summed E-state index contributed by atoms with van der Waals surface area (Å²) in [6, 6.07) is 0.338. The van der Waals surface area contributed by atoms with Crippen LogP contribution in [0.2, 0.25) is 0 Å². The van der Waals surface area contributed by atoms with Crippen molar-refractivity contribution in [2.24, 2.45) is 5.92 Å². The van der Waals surface area contributed by atoms with Gasteiger partial charge in [-0.25, -0.2) is 0 Å². The van der Waals surface area contributed by atoms with Gasteiger partial charge in [-0.05, 0) is 18.8 Å². The predicted octanol–water partition coefficient (Wildman–Crippen LogP) is 0.906. The van der Waals surface area contributed by atoms with Gasteiger partial charge >= 0.3 is 0 Å². The molecule has 3 heteroatoms. The highest BCUT2D eigenvalue weighted by Crippen LogP contribution is 2.29. The summed E-state index contributed by atoms with van der Waals surface area (Å²) in [7, 11) is 0. The Morgan fingerprint density at radius 2 is 2.09 bits per heavy atom. The second kappa shape index (κ2) is 3.09. The topological polar surface area (TPSA) is 38.3 Å². The molecule has 1 aliphatic carbocycles. The van der Waals surface area contributed by atoms with Crippen molar-refractivity contribution >= 4 is 0 Å². The van der Waals surface area contributed by atoms with Gasteiger partial charge in [-0.3, -0.25) is 0 Å². The van der Waals surface area contributed by atoms with E-state index in [1.54, 1.807) is 0 Å². The second-order valence-electron chi connectivity index (χ2n) is 3.64. The van der Waals surface area contributed by atoms with Crippen molar-refractivity contribution in [2.45, 2.75) is 31.7 Å². The zero-order valence-corrected chi connectivity index (χ0v) is 6.75. The summed E-state index contributed by atoms with van der Waals surface area (Å²) in [5, 5.41) is 15.7. The van der Waals surface area contributed by atoms with E-state index in [1.165, 1.54) is 24.3 Å².